The van der Waals surface area contributed by atoms with Gasteiger partial charge in [-0.3, -0.25) is 0 Å². The van der Waals surface area contributed by atoms with Crippen LogP contribution in [0.25, 0.3) is 16.8 Å². The molecule has 0 spiro atoms. The van der Waals surface area contributed by atoms with Crippen LogP contribution >= 0.6 is 23.4 Å². The van der Waals surface area contributed by atoms with Gasteiger partial charge in [-0.1, -0.05) is 30.7 Å². The minimum Gasteiger partial charge on any atom is -0.246 e. The molecule has 1 aromatic carbocycles. The van der Waals surface area contributed by atoms with Gasteiger partial charge in [0.15, 0.2) is 0 Å². The standard InChI is InChI=1S/C14H12ClN3S/c1-2-19-14-13-9-12(17-18(13)8-7-16-14)10-3-5-11(15)6-4-10/h3-9H,2H2,1H3. The number of thioether (sulfide) groups is 1. The minimum atomic E-state index is 0.733. The molecule has 0 bridgehead atoms. The normalized spacial score (nSPS) is 11.1. The summed E-state index contributed by atoms with van der Waals surface area (Å²) in [7, 11) is 0. The van der Waals surface area contributed by atoms with Crippen LogP contribution in [-0.4, -0.2) is 20.4 Å². The summed E-state index contributed by atoms with van der Waals surface area (Å²) < 4.78 is 1.87. The lowest BCUT2D eigenvalue weighted by atomic mass is 10.1. The first-order valence-corrected chi connectivity index (χ1v) is 7.37. The maximum Gasteiger partial charge on any atom is 0.122 e. The highest BCUT2D eigenvalue weighted by Gasteiger charge is 2.08. The van der Waals surface area contributed by atoms with Crippen molar-refractivity contribution in [3.63, 3.8) is 0 Å². The maximum atomic E-state index is 5.91. The predicted molar refractivity (Wildman–Crippen MR) is 79.8 cm³/mol. The third-order valence-electron chi connectivity index (χ3n) is 2.78. The molecule has 96 valence electrons. The Bertz CT molecular complexity index is 706. The van der Waals surface area contributed by atoms with E-state index < -0.39 is 0 Å². The smallest absolute Gasteiger partial charge is 0.122 e. The first kappa shape index (κ1) is 12.5. The first-order valence-electron chi connectivity index (χ1n) is 6.01. The Hall–Kier alpha value is -1.52. The van der Waals surface area contributed by atoms with E-state index in [1.54, 1.807) is 18.0 Å². The van der Waals surface area contributed by atoms with Gasteiger partial charge < -0.3 is 0 Å². The Morgan fingerprint density at radius 2 is 2.05 bits per heavy atom. The van der Waals surface area contributed by atoms with Gasteiger partial charge >= 0.3 is 0 Å². The van der Waals surface area contributed by atoms with Crippen LogP contribution in [0.3, 0.4) is 0 Å². The van der Waals surface area contributed by atoms with E-state index in [2.05, 4.69) is 23.1 Å². The van der Waals surface area contributed by atoms with Crippen LogP contribution in [0.2, 0.25) is 5.02 Å². The van der Waals surface area contributed by atoms with E-state index in [-0.39, 0.29) is 0 Å². The summed E-state index contributed by atoms with van der Waals surface area (Å²) in [6.45, 7) is 2.12. The second kappa shape index (κ2) is 5.23. The topological polar surface area (TPSA) is 30.2 Å². The highest BCUT2D eigenvalue weighted by Crippen LogP contribution is 2.26. The molecule has 0 aliphatic rings. The number of rotatable bonds is 3. The molecule has 0 atom stereocenters. The summed E-state index contributed by atoms with van der Waals surface area (Å²) in [4.78, 5) is 4.40. The Morgan fingerprint density at radius 3 is 2.79 bits per heavy atom. The predicted octanol–water partition coefficient (Wildman–Crippen LogP) is 4.16. The van der Waals surface area contributed by atoms with Crippen LogP contribution in [0, 0.1) is 0 Å². The molecule has 2 aromatic heterocycles. The molecule has 0 aliphatic carbocycles. The molecular weight excluding hydrogens is 278 g/mol. The van der Waals surface area contributed by atoms with Gasteiger partial charge in [0, 0.05) is 23.0 Å². The highest BCUT2D eigenvalue weighted by molar-refractivity contribution is 7.99. The van der Waals surface area contributed by atoms with Crippen molar-refractivity contribution in [2.45, 2.75) is 11.9 Å². The van der Waals surface area contributed by atoms with Crippen molar-refractivity contribution in [2.75, 3.05) is 5.75 Å². The summed E-state index contributed by atoms with van der Waals surface area (Å²) in [5, 5.41) is 6.32. The Balaban J connectivity index is 2.11. The molecule has 2 heterocycles. The van der Waals surface area contributed by atoms with Gasteiger partial charge in [0.25, 0.3) is 0 Å². The third-order valence-corrected chi connectivity index (χ3v) is 3.90. The molecule has 0 fully saturated rings. The largest absolute Gasteiger partial charge is 0.246 e. The third kappa shape index (κ3) is 2.46. The van der Waals surface area contributed by atoms with E-state index in [0.29, 0.717) is 0 Å². The van der Waals surface area contributed by atoms with Crippen LogP contribution in [0.5, 0.6) is 0 Å². The number of aromatic nitrogens is 3. The molecule has 0 N–H and O–H groups in total. The number of fused-ring (bicyclic) bond motifs is 1. The molecule has 3 aromatic rings. The van der Waals surface area contributed by atoms with Crippen molar-refractivity contribution >= 4 is 28.9 Å². The van der Waals surface area contributed by atoms with Gasteiger partial charge in [0.2, 0.25) is 0 Å². The fraction of sp³-hybridized carbons (Fsp3) is 0.143. The fourth-order valence-electron chi connectivity index (χ4n) is 1.91. The summed E-state index contributed by atoms with van der Waals surface area (Å²) in [5.41, 5.74) is 3.03. The van der Waals surface area contributed by atoms with Crippen LogP contribution in [0.4, 0.5) is 0 Å². The van der Waals surface area contributed by atoms with E-state index in [9.17, 15) is 0 Å². The summed E-state index contributed by atoms with van der Waals surface area (Å²) >= 11 is 7.63. The Labute approximate surface area is 120 Å². The quantitative estimate of drug-likeness (QED) is 0.678. The van der Waals surface area contributed by atoms with Crippen molar-refractivity contribution in [3.05, 3.63) is 47.7 Å². The lowest BCUT2D eigenvalue weighted by Crippen LogP contribution is -1.90. The van der Waals surface area contributed by atoms with E-state index in [1.807, 2.05) is 35.0 Å². The zero-order valence-electron chi connectivity index (χ0n) is 10.4. The fourth-order valence-corrected chi connectivity index (χ4v) is 2.74. The van der Waals surface area contributed by atoms with E-state index in [1.165, 1.54) is 0 Å². The Morgan fingerprint density at radius 1 is 1.26 bits per heavy atom. The van der Waals surface area contributed by atoms with Crippen LogP contribution < -0.4 is 0 Å². The molecule has 3 nitrogen and oxygen atoms in total. The highest BCUT2D eigenvalue weighted by atomic mass is 35.5. The number of nitrogens with zero attached hydrogens (tertiary/aromatic N) is 3. The first-order chi connectivity index (χ1) is 9.28. The van der Waals surface area contributed by atoms with Gasteiger partial charge in [-0.05, 0) is 24.0 Å². The molecule has 3 rings (SSSR count). The van der Waals surface area contributed by atoms with Crippen LogP contribution in [0.1, 0.15) is 6.92 Å². The lowest BCUT2D eigenvalue weighted by Gasteiger charge is -1.98. The second-order valence-electron chi connectivity index (χ2n) is 4.03. The summed E-state index contributed by atoms with van der Waals surface area (Å²) in [6, 6.07) is 9.77. The molecule has 0 amide bonds. The van der Waals surface area contributed by atoms with Crippen molar-refractivity contribution in [1.82, 2.24) is 14.6 Å². The van der Waals surface area contributed by atoms with Crippen molar-refractivity contribution < 1.29 is 0 Å². The van der Waals surface area contributed by atoms with Gasteiger partial charge in [0.05, 0.1) is 11.2 Å². The van der Waals surface area contributed by atoms with Gasteiger partial charge in [-0.15, -0.1) is 11.8 Å². The second-order valence-corrected chi connectivity index (χ2v) is 5.72. The molecule has 0 saturated carbocycles. The molecule has 0 unspecified atom stereocenters. The number of halogens is 1. The van der Waals surface area contributed by atoms with E-state index >= 15 is 0 Å². The molecule has 0 radical (unpaired) electrons. The SMILES string of the molecule is CCSc1nccn2nc(-c3ccc(Cl)cc3)cc12. The maximum absolute atomic E-state index is 5.91. The van der Waals surface area contributed by atoms with Crippen molar-refractivity contribution in [1.29, 1.82) is 0 Å². The molecule has 0 aliphatic heterocycles. The summed E-state index contributed by atoms with van der Waals surface area (Å²) in [6.07, 6.45) is 3.65. The lowest BCUT2D eigenvalue weighted by molar-refractivity contribution is 0.921. The van der Waals surface area contributed by atoms with Gasteiger partial charge in [-0.25, -0.2) is 9.50 Å². The van der Waals surface area contributed by atoms with Gasteiger partial charge in [-0.2, -0.15) is 5.10 Å². The van der Waals surface area contributed by atoms with E-state index in [4.69, 9.17) is 11.6 Å². The molecule has 0 saturated heterocycles. The molecule has 19 heavy (non-hydrogen) atoms. The average Bonchev–Trinajstić information content (AvgIpc) is 2.85. The summed E-state index contributed by atoms with van der Waals surface area (Å²) in [5.74, 6) is 0.994. The van der Waals surface area contributed by atoms with Crippen LogP contribution in [-0.2, 0) is 0 Å². The minimum absolute atomic E-state index is 0.733. The average molecular weight is 290 g/mol. The van der Waals surface area contributed by atoms with Crippen LogP contribution in [0.15, 0.2) is 47.8 Å². The zero-order chi connectivity index (χ0) is 13.2. The van der Waals surface area contributed by atoms with Crippen molar-refractivity contribution in [2.24, 2.45) is 0 Å². The molecule has 5 heteroatoms. The number of benzene rings is 1. The zero-order valence-corrected chi connectivity index (χ0v) is 11.9. The van der Waals surface area contributed by atoms with E-state index in [0.717, 1.165) is 32.6 Å². The Kier molecular flexibility index (Phi) is 3.44. The molecular formula is C14H12ClN3S. The monoisotopic (exact) mass is 289 g/mol. The number of hydrogen-bond acceptors (Lipinski definition) is 3. The number of hydrogen-bond donors (Lipinski definition) is 0. The van der Waals surface area contributed by atoms with Gasteiger partial charge in [0.1, 0.15) is 5.03 Å². The van der Waals surface area contributed by atoms with Crippen molar-refractivity contribution in [3.8, 4) is 11.3 Å².